The number of benzene rings is 1. The number of hydrogen-bond acceptors (Lipinski definition) is 2. The first-order chi connectivity index (χ1) is 8.78. The quantitative estimate of drug-likeness (QED) is 0.873. The van der Waals surface area contributed by atoms with E-state index in [0.717, 1.165) is 0 Å². The predicted octanol–water partition coefficient (Wildman–Crippen LogP) is 2.82. The standard InChI is InChI=1S/C13H13Cl2NO3/c1-7-11(17)16(13(7,2)12(18)19)6-8-3-4-9(14)5-10(8)15/h3-5,7H,6H2,1-2H3,(H,18,19)/t7-,13+/m1/s1. The summed E-state index contributed by atoms with van der Waals surface area (Å²) in [5, 5.41) is 10.2. The third-order valence-corrected chi connectivity index (χ3v) is 4.40. The summed E-state index contributed by atoms with van der Waals surface area (Å²) in [6, 6.07) is 4.93. The van der Waals surface area contributed by atoms with Crippen LogP contribution in [0.15, 0.2) is 18.2 Å². The molecular formula is C13H13Cl2NO3. The molecule has 1 amide bonds. The zero-order valence-electron chi connectivity index (χ0n) is 10.5. The molecule has 6 heteroatoms. The van der Waals surface area contributed by atoms with E-state index in [0.29, 0.717) is 15.6 Å². The zero-order valence-corrected chi connectivity index (χ0v) is 12.0. The molecule has 2 rings (SSSR count). The Bertz CT molecular complexity index is 561. The molecule has 0 unspecified atom stereocenters. The van der Waals surface area contributed by atoms with E-state index in [1.807, 2.05) is 0 Å². The van der Waals surface area contributed by atoms with Gasteiger partial charge in [-0.25, -0.2) is 4.79 Å². The Kier molecular flexibility index (Phi) is 3.49. The molecule has 2 atom stereocenters. The van der Waals surface area contributed by atoms with Gasteiger partial charge in [0, 0.05) is 16.6 Å². The normalized spacial score (nSPS) is 26.2. The number of β-lactam (4-membered cyclic amide) rings is 1. The fourth-order valence-corrected chi connectivity index (χ4v) is 2.70. The van der Waals surface area contributed by atoms with Gasteiger partial charge >= 0.3 is 5.97 Å². The zero-order chi connectivity index (χ0) is 14.4. The van der Waals surface area contributed by atoms with E-state index in [1.165, 1.54) is 4.90 Å². The summed E-state index contributed by atoms with van der Waals surface area (Å²) in [6.07, 6.45) is 0. The minimum Gasteiger partial charge on any atom is -0.479 e. The van der Waals surface area contributed by atoms with E-state index in [4.69, 9.17) is 23.2 Å². The van der Waals surface area contributed by atoms with Gasteiger partial charge < -0.3 is 10.0 Å². The number of hydrogen-bond donors (Lipinski definition) is 1. The largest absolute Gasteiger partial charge is 0.479 e. The topological polar surface area (TPSA) is 57.6 Å². The van der Waals surface area contributed by atoms with Crippen molar-refractivity contribution >= 4 is 35.1 Å². The molecule has 0 saturated carbocycles. The summed E-state index contributed by atoms with van der Waals surface area (Å²) in [7, 11) is 0. The van der Waals surface area contributed by atoms with Crippen molar-refractivity contribution in [3.05, 3.63) is 33.8 Å². The van der Waals surface area contributed by atoms with Crippen LogP contribution < -0.4 is 0 Å². The highest BCUT2D eigenvalue weighted by atomic mass is 35.5. The third-order valence-electron chi connectivity index (χ3n) is 3.82. The summed E-state index contributed by atoms with van der Waals surface area (Å²) in [5.41, 5.74) is -0.501. The number of rotatable bonds is 3. The monoisotopic (exact) mass is 301 g/mol. The highest BCUT2D eigenvalue weighted by molar-refractivity contribution is 6.35. The lowest BCUT2D eigenvalue weighted by atomic mass is 9.75. The Labute approximate surface area is 120 Å². The molecule has 1 fully saturated rings. The van der Waals surface area contributed by atoms with E-state index in [-0.39, 0.29) is 12.5 Å². The average Bonchev–Trinajstić information content (AvgIpc) is 2.35. The number of carboxylic acids is 1. The van der Waals surface area contributed by atoms with Crippen LogP contribution in [0.3, 0.4) is 0 Å². The van der Waals surface area contributed by atoms with Crippen LogP contribution in [0, 0.1) is 5.92 Å². The molecule has 19 heavy (non-hydrogen) atoms. The van der Waals surface area contributed by atoms with Crippen molar-refractivity contribution in [2.75, 3.05) is 0 Å². The first-order valence-corrected chi connectivity index (χ1v) is 6.53. The van der Waals surface area contributed by atoms with Gasteiger partial charge in [0.1, 0.15) is 5.54 Å². The van der Waals surface area contributed by atoms with Crippen molar-refractivity contribution < 1.29 is 14.7 Å². The van der Waals surface area contributed by atoms with Crippen LogP contribution in [-0.4, -0.2) is 27.4 Å². The predicted molar refractivity (Wildman–Crippen MR) is 72.2 cm³/mol. The molecule has 1 aliphatic heterocycles. The fraction of sp³-hybridized carbons (Fsp3) is 0.385. The minimum absolute atomic E-state index is 0.169. The molecule has 1 N–H and O–H groups in total. The molecule has 0 radical (unpaired) electrons. The van der Waals surface area contributed by atoms with Gasteiger partial charge in [0.2, 0.25) is 5.91 Å². The molecule has 0 bridgehead atoms. The molecule has 1 heterocycles. The first-order valence-electron chi connectivity index (χ1n) is 5.77. The summed E-state index contributed by atoms with van der Waals surface area (Å²) in [5.74, 6) is -1.73. The lowest BCUT2D eigenvalue weighted by Gasteiger charge is -2.51. The van der Waals surface area contributed by atoms with Gasteiger partial charge in [-0.05, 0) is 24.6 Å². The summed E-state index contributed by atoms with van der Waals surface area (Å²) in [4.78, 5) is 24.5. The van der Waals surface area contributed by atoms with Crippen molar-refractivity contribution in [3.63, 3.8) is 0 Å². The Morgan fingerprint density at radius 2 is 2.11 bits per heavy atom. The molecule has 1 aromatic rings. The Balaban J connectivity index is 2.28. The van der Waals surface area contributed by atoms with Crippen LogP contribution in [0.2, 0.25) is 10.0 Å². The molecule has 1 aromatic carbocycles. The van der Waals surface area contributed by atoms with Gasteiger partial charge in [-0.3, -0.25) is 4.79 Å². The lowest BCUT2D eigenvalue weighted by Crippen LogP contribution is -2.71. The number of carboxylic acid groups (broad SMARTS) is 1. The van der Waals surface area contributed by atoms with Crippen molar-refractivity contribution in [2.24, 2.45) is 5.92 Å². The lowest BCUT2D eigenvalue weighted by molar-refractivity contribution is -0.185. The molecular weight excluding hydrogens is 289 g/mol. The number of likely N-dealkylation sites (tertiary alicyclic amines) is 1. The van der Waals surface area contributed by atoms with E-state index >= 15 is 0 Å². The first kappa shape index (κ1) is 14.2. The van der Waals surface area contributed by atoms with E-state index in [1.54, 1.807) is 32.0 Å². The van der Waals surface area contributed by atoms with E-state index in [2.05, 4.69) is 0 Å². The molecule has 1 aliphatic rings. The molecule has 1 saturated heterocycles. The maximum absolute atomic E-state index is 11.9. The van der Waals surface area contributed by atoms with Crippen LogP contribution in [0.1, 0.15) is 19.4 Å². The Morgan fingerprint density at radius 1 is 1.47 bits per heavy atom. The van der Waals surface area contributed by atoms with Crippen molar-refractivity contribution in [1.82, 2.24) is 4.90 Å². The fourth-order valence-electron chi connectivity index (χ4n) is 2.23. The van der Waals surface area contributed by atoms with E-state index in [9.17, 15) is 14.7 Å². The Morgan fingerprint density at radius 3 is 2.63 bits per heavy atom. The van der Waals surface area contributed by atoms with Crippen LogP contribution in [0.25, 0.3) is 0 Å². The number of halogens is 2. The number of amides is 1. The number of aliphatic carboxylic acids is 1. The average molecular weight is 302 g/mol. The molecule has 4 nitrogen and oxygen atoms in total. The highest BCUT2D eigenvalue weighted by Gasteiger charge is 2.59. The van der Waals surface area contributed by atoms with Crippen LogP contribution >= 0.6 is 23.2 Å². The maximum Gasteiger partial charge on any atom is 0.330 e. The van der Waals surface area contributed by atoms with Gasteiger partial charge in [-0.2, -0.15) is 0 Å². The second-order valence-electron chi connectivity index (χ2n) is 4.83. The summed E-state index contributed by atoms with van der Waals surface area (Å²) in [6.45, 7) is 3.34. The highest BCUT2D eigenvalue weighted by Crippen LogP contribution is 2.39. The maximum atomic E-state index is 11.9. The van der Waals surface area contributed by atoms with Crippen molar-refractivity contribution in [3.8, 4) is 0 Å². The Hall–Kier alpha value is -1.26. The van der Waals surface area contributed by atoms with Gasteiger partial charge in [-0.1, -0.05) is 36.2 Å². The van der Waals surface area contributed by atoms with Gasteiger partial charge in [0.15, 0.2) is 0 Å². The summed E-state index contributed by atoms with van der Waals surface area (Å²) >= 11 is 11.8. The van der Waals surface area contributed by atoms with Crippen LogP contribution in [0.4, 0.5) is 0 Å². The van der Waals surface area contributed by atoms with Gasteiger partial charge in [-0.15, -0.1) is 0 Å². The minimum atomic E-state index is -1.18. The summed E-state index contributed by atoms with van der Waals surface area (Å²) < 4.78 is 0. The molecule has 0 aromatic heterocycles. The van der Waals surface area contributed by atoms with Gasteiger partial charge in [0.05, 0.1) is 5.92 Å². The van der Waals surface area contributed by atoms with E-state index < -0.39 is 17.4 Å². The molecule has 0 spiro atoms. The van der Waals surface area contributed by atoms with Crippen molar-refractivity contribution in [2.45, 2.75) is 25.9 Å². The van der Waals surface area contributed by atoms with Crippen molar-refractivity contribution in [1.29, 1.82) is 0 Å². The van der Waals surface area contributed by atoms with Crippen LogP contribution in [-0.2, 0) is 16.1 Å². The number of carbonyl (C=O) groups is 2. The number of carbonyl (C=O) groups excluding carboxylic acids is 1. The smallest absolute Gasteiger partial charge is 0.330 e. The van der Waals surface area contributed by atoms with Crippen LogP contribution in [0.5, 0.6) is 0 Å². The molecule has 102 valence electrons. The van der Waals surface area contributed by atoms with Gasteiger partial charge in [0.25, 0.3) is 0 Å². The molecule has 0 aliphatic carbocycles. The number of nitrogens with zero attached hydrogens (tertiary/aromatic N) is 1. The second-order valence-corrected chi connectivity index (χ2v) is 5.68. The third kappa shape index (κ3) is 2.09. The SMILES string of the molecule is C[C@@H]1C(=O)N(Cc2ccc(Cl)cc2Cl)[C@]1(C)C(=O)O. The second kappa shape index (κ2) is 4.69.